The molecular formula is C23H25NO3. The predicted molar refractivity (Wildman–Crippen MR) is 107 cm³/mol. The Morgan fingerprint density at radius 2 is 1.81 bits per heavy atom. The Hall–Kier alpha value is -2.88. The van der Waals surface area contributed by atoms with Crippen molar-refractivity contribution >= 4 is 16.9 Å². The van der Waals surface area contributed by atoms with Crippen molar-refractivity contribution in [1.29, 1.82) is 0 Å². The van der Waals surface area contributed by atoms with Crippen LogP contribution in [0.5, 0.6) is 5.75 Å². The van der Waals surface area contributed by atoms with Gasteiger partial charge in [0, 0.05) is 5.39 Å². The van der Waals surface area contributed by atoms with Gasteiger partial charge in [0.05, 0.1) is 24.2 Å². The van der Waals surface area contributed by atoms with Gasteiger partial charge in [-0.1, -0.05) is 56.2 Å². The predicted octanol–water partition coefficient (Wildman–Crippen LogP) is 5.26. The molecule has 0 bridgehead atoms. The SMILES string of the molecule is CCCCC(C(=O)OC)c1ccc(OCc2ccc3ccccc3n2)cc1. The molecule has 2 aromatic carbocycles. The van der Waals surface area contributed by atoms with Crippen LogP contribution in [-0.2, 0) is 16.1 Å². The molecule has 0 amide bonds. The number of unbranched alkanes of at least 4 members (excludes halogenated alkanes) is 1. The zero-order valence-corrected chi connectivity index (χ0v) is 15.9. The van der Waals surface area contributed by atoms with Crippen molar-refractivity contribution in [2.45, 2.75) is 38.7 Å². The monoisotopic (exact) mass is 363 g/mol. The lowest BCUT2D eigenvalue weighted by atomic mass is 9.93. The first-order valence-electron chi connectivity index (χ1n) is 9.36. The molecule has 1 atom stereocenters. The van der Waals surface area contributed by atoms with Gasteiger partial charge in [-0.3, -0.25) is 4.79 Å². The number of pyridine rings is 1. The van der Waals surface area contributed by atoms with Crippen molar-refractivity contribution in [3.8, 4) is 5.75 Å². The van der Waals surface area contributed by atoms with E-state index in [1.807, 2.05) is 54.6 Å². The van der Waals surface area contributed by atoms with E-state index in [2.05, 4.69) is 18.0 Å². The molecule has 0 spiro atoms. The van der Waals surface area contributed by atoms with E-state index in [9.17, 15) is 4.79 Å². The van der Waals surface area contributed by atoms with Crippen molar-refractivity contribution in [1.82, 2.24) is 4.98 Å². The molecular weight excluding hydrogens is 338 g/mol. The number of methoxy groups -OCH3 is 1. The molecule has 0 aliphatic heterocycles. The molecule has 0 aliphatic rings. The molecule has 3 rings (SSSR count). The third kappa shape index (κ3) is 4.85. The van der Waals surface area contributed by atoms with Gasteiger partial charge in [-0.05, 0) is 36.2 Å². The third-order valence-corrected chi connectivity index (χ3v) is 4.66. The Balaban J connectivity index is 1.66. The molecule has 0 aliphatic carbocycles. The minimum absolute atomic E-state index is 0.183. The highest BCUT2D eigenvalue weighted by atomic mass is 16.5. The first-order chi connectivity index (χ1) is 13.2. The van der Waals surface area contributed by atoms with Crippen molar-refractivity contribution in [3.63, 3.8) is 0 Å². The summed E-state index contributed by atoms with van der Waals surface area (Å²) in [6.07, 6.45) is 2.84. The van der Waals surface area contributed by atoms with Crippen LogP contribution in [0.15, 0.2) is 60.7 Å². The lowest BCUT2D eigenvalue weighted by molar-refractivity contribution is -0.142. The Bertz CT molecular complexity index is 890. The Morgan fingerprint density at radius 1 is 1.04 bits per heavy atom. The normalized spacial score (nSPS) is 11.9. The van der Waals surface area contributed by atoms with E-state index in [4.69, 9.17) is 9.47 Å². The molecule has 0 saturated heterocycles. The zero-order chi connectivity index (χ0) is 19.1. The van der Waals surface area contributed by atoms with E-state index in [-0.39, 0.29) is 11.9 Å². The highest BCUT2D eigenvalue weighted by Gasteiger charge is 2.20. The molecule has 0 N–H and O–H groups in total. The van der Waals surface area contributed by atoms with E-state index >= 15 is 0 Å². The summed E-state index contributed by atoms with van der Waals surface area (Å²) < 4.78 is 10.8. The standard InChI is InChI=1S/C23H25NO3/c1-3-4-8-21(23(25)26-2)17-11-14-20(15-12-17)27-16-19-13-10-18-7-5-6-9-22(18)24-19/h5-7,9-15,21H,3-4,8,16H2,1-2H3. The second kappa shape index (κ2) is 9.17. The van der Waals surface area contributed by atoms with Gasteiger partial charge in [0.1, 0.15) is 12.4 Å². The Kier molecular flexibility index (Phi) is 6.42. The number of rotatable bonds is 8. The van der Waals surface area contributed by atoms with E-state index in [1.165, 1.54) is 7.11 Å². The van der Waals surface area contributed by atoms with Crippen LogP contribution in [0.2, 0.25) is 0 Å². The van der Waals surface area contributed by atoms with Crippen molar-refractivity contribution in [2.24, 2.45) is 0 Å². The van der Waals surface area contributed by atoms with Crippen LogP contribution in [-0.4, -0.2) is 18.1 Å². The molecule has 1 heterocycles. The van der Waals surface area contributed by atoms with E-state index in [0.717, 1.165) is 47.2 Å². The van der Waals surface area contributed by atoms with Gasteiger partial charge < -0.3 is 9.47 Å². The van der Waals surface area contributed by atoms with Gasteiger partial charge in [-0.15, -0.1) is 0 Å². The quantitative estimate of drug-likeness (QED) is 0.512. The molecule has 3 aromatic rings. The zero-order valence-electron chi connectivity index (χ0n) is 15.9. The number of esters is 1. The molecule has 27 heavy (non-hydrogen) atoms. The average molecular weight is 363 g/mol. The van der Waals surface area contributed by atoms with Gasteiger partial charge in [0.25, 0.3) is 0 Å². The molecule has 4 heteroatoms. The number of carbonyl (C=O) groups is 1. The topological polar surface area (TPSA) is 48.4 Å². The van der Waals surface area contributed by atoms with Gasteiger partial charge >= 0.3 is 5.97 Å². The largest absolute Gasteiger partial charge is 0.487 e. The smallest absolute Gasteiger partial charge is 0.313 e. The van der Waals surface area contributed by atoms with Crippen LogP contribution in [0.3, 0.4) is 0 Å². The van der Waals surface area contributed by atoms with Gasteiger partial charge in [-0.25, -0.2) is 4.98 Å². The highest BCUT2D eigenvalue weighted by Crippen LogP contribution is 2.26. The average Bonchev–Trinajstić information content (AvgIpc) is 2.73. The molecule has 1 unspecified atom stereocenters. The third-order valence-electron chi connectivity index (χ3n) is 4.66. The lowest BCUT2D eigenvalue weighted by Gasteiger charge is -2.15. The van der Waals surface area contributed by atoms with E-state index < -0.39 is 0 Å². The van der Waals surface area contributed by atoms with Crippen LogP contribution in [0, 0.1) is 0 Å². The molecule has 1 aromatic heterocycles. The van der Waals surface area contributed by atoms with Crippen LogP contribution < -0.4 is 4.74 Å². The molecule has 140 valence electrons. The number of ether oxygens (including phenoxy) is 2. The number of hydrogen-bond acceptors (Lipinski definition) is 4. The number of carbonyl (C=O) groups excluding carboxylic acids is 1. The highest BCUT2D eigenvalue weighted by molar-refractivity contribution is 5.78. The lowest BCUT2D eigenvalue weighted by Crippen LogP contribution is -2.14. The van der Waals surface area contributed by atoms with E-state index in [0.29, 0.717) is 6.61 Å². The summed E-state index contributed by atoms with van der Waals surface area (Å²) in [4.78, 5) is 16.7. The number of hydrogen-bond donors (Lipinski definition) is 0. The second-order valence-corrected chi connectivity index (χ2v) is 6.57. The summed E-state index contributed by atoms with van der Waals surface area (Å²) in [6, 6.07) is 19.8. The number of fused-ring (bicyclic) bond motifs is 1. The minimum Gasteiger partial charge on any atom is -0.487 e. The maximum Gasteiger partial charge on any atom is 0.313 e. The van der Waals surface area contributed by atoms with E-state index in [1.54, 1.807) is 0 Å². The van der Waals surface area contributed by atoms with Crippen molar-refractivity contribution < 1.29 is 14.3 Å². The molecule has 0 radical (unpaired) electrons. The van der Waals surface area contributed by atoms with Gasteiger partial charge in [0.2, 0.25) is 0 Å². The van der Waals surface area contributed by atoms with Gasteiger partial charge in [-0.2, -0.15) is 0 Å². The van der Waals surface area contributed by atoms with Gasteiger partial charge in [0.15, 0.2) is 0 Å². The number of nitrogens with zero attached hydrogens (tertiary/aromatic N) is 1. The number of benzene rings is 2. The maximum absolute atomic E-state index is 12.1. The fraction of sp³-hybridized carbons (Fsp3) is 0.304. The fourth-order valence-electron chi connectivity index (χ4n) is 3.11. The van der Waals surface area contributed by atoms with Crippen LogP contribution in [0.4, 0.5) is 0 Å². The van der Waals surface area contributed by atoms with Crippen molar-refractivity contribution in [2.75, 3.05) is 7.11 Å². The van der Waals surface area contributed by atoms with Crippen molar-refractivity contribution in [3.05, 3.63) is 71.9 Å². The second-order valence-electron chi connectivity index (χ2n) is 6.57. The maximum atomic E-state index is 12.1. The summed E-state index contributed by atoms with van der Waals surface area (Å²) in [5.41, 5.74) is 2.81. The first-order valence-corrected chi connectivity index (χ1v) is 9.36. The Morgan fingerprint density at radius 3 is 2.56 bits per heavy atom. The summed E-state index contributed by atoms with van der Waals surface area (Å²) in [5.74, 6) is 0.358. The fourth-order valence-corrected chi connectivity index (χ4v) is 3.11. The Labute approximate surface area is 160 Å². The van der Waals surface area contributed by atoms with Crippen LogP contribution in [0.1, 0.15) is 43.4 Å². The van der Waals surface area contributed by atoms with Crippen LogP contribution in [0.25, 0.3) is 10.9 Å². The molecule has 0 saturated carbocycles. The first kappa shape index (κ1) is 18.9. The summed E-state index contributed by atoms with van der Waals surface area (Å²) >= 11 is 0. The molecule has 4 nitrogen and oxygen atoms in total. The van der Waals surface area contributed by atoms with Crippen LogP contribution >= 0.6 is 0 Å². The summed E-state index contributed by atoms with van der Waals surface area (Å²) in [5, 5.41) is 1.12. The minimum atomic E-state index is -0.217. The summed E-state index contributed by atoms with van der Waals surface area (Å²) in [6.45, 7) is 2.52. The summed E-state index contributed by atoms with van der Waals surface area (Å²) in [7, 11) is 1.44. The number of aromatic nitrogens is 1. The molecule has 0 fully saturated rings. The number of para-hydroxylation sites is 1.